The van der Waals surface area contributed by atoms with Gasteiger partial charge in [-0.1, -0.05) is 0 Å². The van der Waals surface area contributed by atoms with Crippen LogP contribution in [0.15, 0.2) is 35.5 Å². The van der Waals surface area contributed by atoms with Crippen molar-refractivity contribution in [2.75, 3.05) is 0 Å². The van der Waals surface area contributed by atoms with Gasteiger partial charge in [-0.25, -0.2) is 4.98 Å². The number of pyridine rings is 1. The smallest absolute Gasteiger partial charge is 0.251 e. The van der Waals surface area contributed by atoms with E-state index in [0.717, 1.165) is 11.1 Å². The van der Waals surface area contributed by atoms with Crippen LogP contribution < -0.4 is 5.56 Å². The van der Waals surface area contributed by atoms with Crippen molar-refractivity contribution in [3.63, 3.8) is 0 Å². The predicted octanol–water partition coefficient (Wildman–Crippen LogP) is 1.14. The van der Waals surface area contributed by atoms with Gasteiger partial charge in [0.25, 0.3) is 5.56 Å². The van der Waals surface area contributed by atoms with E-state index in [1.807, 2.05) is 13.0 Å². The van der Waals surface area contributed by atoms with Crippen LogP contribution in [0.1, 0.15) is 5.56 Å². The van der Waals surface area contributed by atoms with Crippen LogP contribution in [0.2, 0.25) is 0 Å². The summed E-state index contributed by atoms with van der Waals surface area (Å²) >= 11 is 0. The molecule has 0 amide bonds. The lowest BCUT2D eigenvalue weighted by molar-refractivity contribution is 1.11. The second kappa shape index (κ2) is 3.41. The zero-order valence-electron chi connectivity index (χ0n) is 7.69. The molecule has 0 aliphatic carbocycles. The molecule has 0 spiro atoms. The maximum absolute atomic E-state index is 11.1. The highest BCUT2D eigenvalue weighted by atomic mass is 16.1. The van der Waals surface area contributed by atoms with E-state index >= 15 is 0 Å². The Bertz CT molecular complexity index is 504. The first-order valence-corrected chi connectivity index (χ1v) is 4.24. The van der Waals surface area contributed by atoms with Crippen molar-refractivity contribution in [3.8, 4) is 11.4 Å². The first kappa shape index (κ1) is 8.62. The molecule has 2 aromatic rings. The minimum Gasteiger partial charge on any atom is -0.307 e. The summed E-state index contributed by atoms with van der Waals surface area (Å²) in [6.07, 6.45) is 4.91. The van der Waals surface area contributed by atoms with E-state index in [4.69, 9.17) is 0 Å². The van der Waals surface area contributed by atoms with Crippen LogP contribution in [-0.2, 0) is 0 Å². The minimum atomic E-state index is -0.147. The van der Waals surface area contributed by atoms with Crippen LogP contribution in [0.3, 0.4) is 0 Å². The third-order valence-corrected chi connectivity index (χ3v) is 1.95. The predicted molar refractivity (Wildman–Crippen MR) is 52.8 cm³/mol. The third kappa shape index (κ3) is 1.54. The summed E-state index contributed by atoms with van der Waals surface area (Å²) in [4.78, 5) is 21.8. The van der Waals surface area contributed by atoms with E-state index in [9.17, 15) is 4.79 Å². The van der Waals surface area contributed by atoms with Gasteiger partial charge in [-0.15, -0.1) is 0 Å². The summed E-state index contributed by atoms with van der Waals surface area (Å²) in [5.74, 6) is 0.581. The third-order valence-electron chi connectivity index (χ3n) is 1.95. The Morgan fingerprint density at radius 3 is 2.86 bits per heavy atom. The van der Waals surface area contributed by atoms with Crippen molar-refractivity contribution >= 4 is 0 Å². The fourth-order valence-corrected chi connectivity index (χ4v) is 1.25. The summed E-state index contributed by atoms with van der Waals surface area (Å²) in [5, 5.41) is 0. The number of H-pyrrole nitrogens is 1. The number of aryl methyl sites for hydroxylation is 1. The molecule has 1 N–H and O–H groups in total. The molecule has 0 aromatic carbocycles. The van der Waals surface area contributed by atoms with E-state index < -0.39 is 0 Å². The van der Waals surface area contributed by atoms with Crippen molar-refractivity contribution in [3.05, 3.63) is 46.6 Å². The number of rotatable bonds is 1. The monoisotopic (exact) mass is 187 g/mol. The van der Waals surface area contributed by atoms with Crippen molar-refractivity contribution in [1.82, 2.24) is 15.0 Å². The lowest BCUT2D eigenvalue weighted by Gasteiger charge is -2.02. The Balaban J connectivity index is 2.61. The lowest BCUT2D eigenvalue weighted by Crippen LogP contribution is -2.06. The van der Waals surface area contributed by atoms with E-state index in [1.165, 1.54) is 12.3 Å². The topological polar surface area (TPSA) is 58.6 Å². The molecular weight excluding hydrogens is 178 g/mol. The van der Waals surface area contributed by atoms with Gasteiger partial charge in [-0.2, -0.15) is 0 Å². The van der Waals surface area contributed by atoms with Crippen LogP contribution in [0.25, 0.3) is 11.4 Å². The molecule has 0 radical (unpaired) electrons. The Kier molecular flexibility index (Phi) is 2.10. The number of nitrogens with one attached hydrogen (secondary N) is 1. The molecule has 0 fully saturated rings. The normalized spacial score (nSPS) is 10.1. The number of aromatic nitrogens is 3. The van der Waals surface area contributed by atoms with Crippen LogP contribution in [0.5, 0.6) is 0 Å². The van der Waals surface area contributed by atoms with E-state index in [2.05, 4.69) is 15.0 Å². The molecule has 4 nitrogen and oxygen atoms in total. The Morgan fingerprint density at radius 1 is 1.29 bits per heavy atom. The summed E-state index contributed by atoms with van der Waals surface area (Å²) in [7, 11) is 0. The minimum absolute atomic E-state index is 0.147. The van der Waals surface area contributed by atoms with Crippen LogP contribution in [0, 0.1) is 6.92 Å². The molecule has 0 saturated heterocycles. The summed E-state index contributed by atoms with van der Waals surface area (Å²) < 4.78 is 0. The molecule has 4 heteroatoms. The molecule has 0 aliphatic heterocycles. The molecule has 0 unspecified atom stereocenters. The summed E-state index contributed by atoms with van der Waals surface area (Å²) in [6, 6.07) is 3.22. The molecule has 0 saturated carbocycles. The Labute approximate surface area is 80.7 Å². The molecule has 2 rings (SSSR count). The van der Waals surface area contributed by atoms with Gasteiger partial charge < -0.3 is 4.98 Å². The van der Waals surface area contributed by atoms with Crippen LogP contribution in [-0.4, -0.2) is 15.0 Å². The highest BCUT2D eigenvalue weighted by Gasteiger charge is 2.02. The molecule has 2 heterocycles. The molecule has 70 valence electrons. The fourth-order valence-electron chi connectivity index (χ4n) is 1.25. The second-order valence-corrected chi connectivity index (χ2v) is 2.97. The van der Waals surface area contributed by atoms with E-state index in [-0.39, 0.29) is 5.56 Å². The van der Waals surface area contributed by atoms with Crippen molar-refractivity contribution in [2.45, 2.75) is 6.92 Å². The Morgan fingerprint density at radius 2 is 2.14 bits per heavy atom. The first-order valence-electron chi connectivity index (χ1n) is 4.24. The number of aromatic amines is 1. The average Bonchev–Trinajstić information content (AvgIpc) is 2.18. The van der Waals surface area contributed by atoms with Gasteiger partial charge in [0.1, 0.15) is 5.82 Å². The van der Waals surface area contributed by atoms with Crippen molar-refractivity contribution in [1.29, 1.82) is 0 Å². The zero-order valence-corrected chi connectivity index (χ0v) is 7.69. The highest BCUT2D eigenvalue weighted by molar-refractivity contribution is 5.58. The van der Waals surface area contributed by atoms with E-state index in [1.54, 1.807) is 12.4 Å². The van der Waals surface area contributed by atoms with Crippen molar-refractivity contribution < 1.29 is 0 Å². The lowest BCUT2D eigenvalue weighted by atomic mass is 10.1. The SMILES string of the molecule is Cc1cnccc1-c1nccc(=O)[nH]1. The van der Waals surface area contributed by atoms with Crippen LogP contribution in [0.4, 0.5) is 0 Å². The quantitative estimate of drug-likeness (QED) is 0.728. The first-order chi connectivity index (χ1) is 6.77. The second-order valence-electron chi connectivity index (χ2n) is 2.97. The average molecular weight is 187 g/mol. The summed E-state index contributed by atoms with van der Waals surface area (Å²) in [5.41, 5.74) is 1.74. The molecule has 14 heavy (non-hydrogen) atoms. The standard InChI is InChI=1S/C10H9N3O/c1-7-6-11-4-2-8(7)10-12-5-3-9(14)13-10/h2-6H,1H3,(H,12,13,14). The Hall–Kier alpha value is -1.97. The van der Waals surface area contributed by atoms with Gasteiger partial charge in [0.2, 0.25) is 0 Å². The molecule has 0 aliphatic rings. The van der Waals surface area contributed by atoms with E-state index in [0.29, 0.717) is 5.82 Å². The van der Waals surface area contributed by atoms with Gasteiger partial charge in [0, 0.05) is 30.2 Å². The van der Waals surface area contributed by atoms with Crippen molar-refractivity contribution in [2.24, 2.45) is 0 Å². The van der Waals surface area contributed by atoms with Gasteiger partial charge in [-0.3, -0.25) is 9.78 Å². The summed E-state index contributed by atoms with van der Waals surface area (Å²) in [6.45, 7) is 1.93. The van der Waals surface area contributed by atoms with Crippen LogP contribution >= 0.6 is 0 Å². The number of hydrogen-bond donors (Lipinski definition) is 1. The number of hydrogen-bond acceptors (Lipinski definition) is 3. The molecule has 0 atom stereocenters. The van der Waals surface area contributed by atoms with Gasteiger partial charge in [-0.05, 0) is 18.6 Å². The fraction of sp³-hybridized carbons (Fsp3) is 0.100. The van der Waals surface area contributed by atoms with Gasteiger partial charge in [0.15, 0.2) is 0 Å². The molecule has 2 aromatic heterocycles. The zero-order chi connectivity index (χ0) is 9.97. The largest absolute Gasteiger partial charge is 0.307 e. The van der Waals surface area contributed by atoms with Gasteiger partial charge >= 0.3 is 0 Å². The molecular formula is C10H9N3O. The van der Waals surface area contributed by atoms with Gasteiger partial charge in [0.05, 0.1) is 0 Å². The maximum atomic E-state index is 11.1. The highest BCUT2D eigenvalue weighted by Crippen LogP contribution is 2.15. The molecule has 0 bridgehead atoms. The maximum Gasteiger partial charge on any atom is 0.251 e. The number of nitrogens with zero attached hydrogens (tertiary/aromatic N) is 2.